The molecule has 6 heteroatoms. The molecule has 2 N–H and O–H groups in total. The Kier molecular flexibility index (Phi) is 4.12. The molecular weight excluding hydrogens is 256 g/mol. The summed E-state index contributed by atoms with van der Waals surface area (Å²) in [6.45, 7) is 6.20. The van der Waals surface area contributed by atoms with Crippen molar-refractivity contribution in [3.05, 3.63) is 42.6 Å². The van der Waals surface area contributed by atoms with E-state index in [1.807, 2.05) is 45.2 Å². The van der Waals surface area contributed by atoms with Crippen LogP contribution in [0.15, 0.2) is 41.3 Å². The maximum absolute atomic E-state index is 11.8. The number of urea groups is 1. The van der Waals surface area contributed by atoms with Crippen molar-refractivity contribution in [1.29, 1.82) is 0 Å². The first-order valence-electron chi connectivity index (χ1n) is 6.54. The Morgan fingerprint density at radius 3 is 2.80 bits per heavy atom. The molecule has 0 aliphatic heterocycles. The van der Waals surface area contributed by atoms with Gasteiger partial charge < -0.3 is 15.1 Å². The molecule has 0 aromatic carbocycles. The Labute approximate surface area is 118 Å². The molecule has 0 spiro atoms. The minimum Gasteiger partial charge on any atom is -0.467 e. The van der Waals surface area contributed by atoms with E-state index in [0.717, 1.165) is 5.76 Å². The Bertz CT molecular complexity index is 492. The summed E-state index contributed by atoms with van der Waals surface area (Å²) in [7, 11) is 0. The normalized spacial score (nSPS) is 12.9. The quantitative estimate of drug-likeness (QED) is 0.899. The summed E-state index contributed by atoms with van der Waals surface area (Å²) in [6, 6.07) is 5.16. The van der Waals surface area contributed by atoms with E-state index in [4.69, 9.17) is 4.42 Å². The highest BCUT2D eigenvalue weighted by Crippen LogP contribution is 2.17. The summed E-state index contributed by atoms with van der Waals surface area (Å²) in [5, 5.41) is 9.91. The van der Waals surface area contributed by atoms with Gasteiger partial charge in [0, 0.05) is 24.5 Å². The van der Waals surface area contributed by atoms with E-state index in [0.29, 0.717) is 6.54 Å². The average molecular weight is 276 g/mol. The van der Waals surface area contributed by atoms with E-state index in [2.05, 4.69) is 15.7 Å². The second kappa shape index (κ2) is 5.81. The fraction of sp³-hybridized carbons (Fsp3) is 0.429. The van der Waals surface area contributed by atoms with Crippen LogP contribution in [0.1, 0.15) is 32.6 Å². The zero-order valence-electron chi connectivity index (χ0n) is 12.0. The van der Waals surface area contributed by atoms with Gasteiger partial charge in [-0.25, -0.2) is 4.79 Å². The predicted octanol–water partition coefficient (Wildman–Crippen LogP) is 2.16. The summed E-state index contributed by atoms with van der Waals surface area (Å²) in [5.41, 5.74) is -0.268. The van der Waals surface area contributed by atoms with Crippen LogP contribution in [0.5, 0.6) is 0 Å². The second-order valence-electron chi connectivity index (χ2n) is 5.60. The SMILES string of the molecule is CC(C)(C)NC(=O)NCC(c1ccco1)n1cccn1. The van der Waals surface area contributed by atoms with Crippen molar-refractivity contribution in [3.63, 3.8) is 0 Å². The largest absolute Gasteiger partial charge is 0.467 e. The molecule has 0 saturated heterocycles. The van der Waals surface area contributed by atoms with Gasteiger partial charge in [0.25, 0.3) is 0 Å². The second-order valence-corrected chi connectivity index (χ2v) is 5.60. The van der Waals surface area contributed by atoms with E-state index < -0.39 is 0 Å². The number of aromatic nitrogens is 2. The minimum absolute atomic E-state index is 0.161. The van der Waals surface area contributed by atoms with Gasteiger partial charge in [-0.2, -0.15) is 5.10 Å². The molecule has 0 bridgehead atoms. The van der Waals surface area contributed by atoms with Crippen molar-refractivity contribution < 1.29 is 9.21 Å². The Balaban J connectivity index is 2.01. The molecular formula is C14H20N4O2. The van der Waals surface area contributed by atoms with Crippen LogP contribution in [-0.4, -0.2) is 27.9 Å². The van der Waals surface area contributed by atoms with Crippen LogP contribution in [0.2, 0.25) is 0 Å². The van der Waals surface area contributed by atoms with Crippen molar-refractivity contribution >= 4 is 6.03 Å². The minimum atomic E-state index is -0.268. The summed E-state index contributed by atoms with van der Waals surface area (Å²) >= 11 is 0. The number of nitrogens with zero attached hydrogens (tertiary/aromatic N) is 2. The third-order valence-corrected chi connectivity index (χ3v) is 2.66. The van der Waals surface area contributed by atoms with Crippen LogP contribution in [0.3, 0.4) is 0 Å². The molecule has 2 heterocycles. The van der Waals surface area contributed by atoms with Gasteiger partial charge in [0.15, 0.2) is 0 Å². The number of carbonyl (C=O) groups is 1. The predicted molar refractivity (Wildman–Crippen MR) is 75.4 cm³/mol. The lowest BCUT2D eigenvalue weighted by molar-refractivity contribution is 0.230. The van der Waals surface area contributed by atoms with Crippen LogP contribution >= 0.6 is 0 Å². The maximum atomic E-state index is 11.8. The fourth-order valence-electron chi connectivity index (χ4n) is 1.84. The monoisotopic (exact) mass is 276 g/mol. The summed E-state index contributed by atoms with van der Waals surface area (Å²) < 4.78 is 7.18. The molecule has 0 radical (unpaired) electrons. The topological polar surface area (TPSA) is 72.1 Å². The molecule has 0 aliphatic carbocycles. The van der Waals surface area contributed by atoms with E-state index in [-0.39, 0.29) is 17.6 Å². The third-order valence-electron chi connectivity index (χ3n) is 2.66. The number of rotatable bonds is 4. The molecule has 6 nitrogen and oxygen atoms in total. The van der Waals surface area contributed by atoms with Crippen LogP contribution in [0, 0.1) is 0 Å². The number of hydrogen-bond acceptors (Lipinski definition) is 3. The molecule has 2 rings (SSSR count). The van der Waals surface area contributed by atoms with Crippen LogP contribution in [0.4, 0.5) is 4.79 Å². The number of hydrogen-bond donors (Lipinski definition) is 2. The molecule has 0 aliphatic rings. The lowest BCUT2D eigenvalue weighted by Crippen LogP contribution is -2.47. The highest BCUT2D eigenvalue weighted by molar-refractivity contribution is 5.74. The zero-order chi connectivity index (χ0) is 14.6. The van der Waals surface area contributed by atoms with Crippen molar-refractivity contribution in [2.45, 2.75) is 32.4 Å². The maximum Gasteiger partial charge on any atom is 0.315 e. The molecule has 0 saturated carbocycles. The molecule has 2 amide bonds. The van der Waals surface area contributed by atoms with Gasteiger partial charge in [-0.3, -0.25) is 4.68 Å². The van der Waals surface area contributed by atoms with Gasteiger partial charge in [-0.05, 0) is 39.0 Å². The van der Waals surface area contributed by atoms with Crippen LogP contribution < -0.4 is 10.6 Å². The molecule has 2 aromatic heterocycles. The van der Waals surface area contributed by atoms with E-state index in [1.54, 1.807) is 17.1 Å². The van der Waals surface area contributed by atoms with Gasteiger partial charge in [-0.15, -0.1) is 0 Å². The molecule has 1 unspecified atom stereocenters. The lowest BCUT2D eigenvalue weighted by atomic mass is 10.1. The van der Waals surface area contributed by atoms with Crippen molar-refractivity contribution in [2.24, 2.45) is 0 Å². The molecule has 20 heavy (non-hydrogen) atoms. The smallest absolute Gasteiger partial charge is 0.315 e. The van der Waals surface area contributed by atoms with Crippen molar-refractivity contribution in [2.75, 3.05) is 6.54 Å². The van der Waals surface area contributed by atoms with E-state index >= 15 is 0 Å². The third kappa shape index (κ3) is 3.88. The molecule has 2 aromatic rings. The number of nitrogens with one attached hydrogen (secondary N) is 2. The van der Waals surface area contributed by atoms with Gasteiger partial charge in [0.05, 0.1) is 6.26 Å². The van der Waals surface area contributed by atoms with Crippen molar-refractivity contribution in [1.82, 2.24) is 20.4 Å². The Hall–Kier alpha value is -2.24. The number of amides is 2. The van der Waals surface area contributed by atoms with Gasteiger partial charge >= 0.3 is 6.03 Å². The van der Waals surface area contributed by atoms with E-state index in [9.17, 15) is 4.79 Å². The van der Waals surface area contributed by atoms with Crippen LogP contribution in [-0.2, 0) is 0 Å². The molecule has 108 valence electrons. The van der Waals surface area contributed by atoms with Gasteiger partial charge in [0.1, 0.15) is 11.8 Å². The summed E-state index contributed by atoms with van der Waals surface area (Å²) in [5.74, 6) is 0.754. The molecule has 1 atom stereocenters. The number of carbonyl (C=O) groups excluding carboxylic acids is 1. The fourth-order valence-corrected chi connectivity index (χ4v) is 1.84. The van der Waals surface area contributed by atoms with Crippen LogP contribution in [0.25, 0.3) is 0 Å². The highest BCUT2D eigenvalue weighted by Gasteiger charge is 2.19. The zero-order valence-corrected chi connectivity index (χ0v) is 12.0. The molecule has 0 fully saturated rings. The van der Waals surface area contributed by atoms with Gasteiger partial charge in [-0.1, -0.05) is 0 Å². The Morgan fingerprint density at radius 1 is 1.45 bits per heavy atom. The highest BCUT2D eigenvalue weighted by atomic mass is 16.3. The standard InChI is InChI=1S/C14H20N4O2/c1-14(2,3)17-13(19)15-10-11(12-6-4-9-20-12)18-8-5-7-16-18/h4-9,11H,10H2,1-3H3,(H2,15,17,19). The first kappa shape index (κ1) is 14.2. The Morgan fingerprint density at radius 2 is 2.25 bits per heavy atom. The number of furan rings is 1. The average Bonchev–Trinajstić information content (AvgIpc) is 2.98. The lowest BCUT2D eigenvalue weighted by Gasteiger charge is -2.22. The van der Waals surface area contributed by atoms with E-state index in [1.165, 1.54) is 0 Å². The first-order chi connectivity index (χ1) is 9.46. The van der Waals surface area contributed by atoms with Gasteiger partial charge in [0.2, 0.25) is 0 Å². The summed E-state index contributed by atoms with van der Waals surface area (Å²) in [4.78, 5) is 11.8. The summed E-state index contributed by atoms with van der Waals surface area (Å²) in [6.07, 6.45) is 5.16. The van der Waals surface area contributed by atoms with Crippen molar-refractivity contribution in [3.8, 4) is 0 Å². The first-order valence-corrected chi connectivity index (χ1v) is 6.54.